The Labute approximate surface area is 90.7 Å². The van der Waals surface area contributed by atoms with Crippen LogP contribution in [0.3, 0.4) is 0 Å². The molecule has 0 heterocycles. The van der Waals surface area contributed by atoms with Crippen molar-refractivity contribution in [3.8, 4) is 0 Å². The molecule has 0 bridgehead atoms. The summed E-state index contributed by atoms with van der Waals surface area (Å²) >= 11 is 1.67. The second-order valence-electron chi connectivity index (χ2n) is 3.50. The number of aliphatic hydroxyl groups is 1. The largest absolute Gasteiger partial charge is 0.396 e. The topological polar surface area (TPSA) is 49.3 Å². The lowest BCUT2D eigenvalue weighted by atomic mass is 10.2. The second-order valence-corrected chi connectivity index (χ2v) is 4.60. The number of nitrogens with one attached hydrogen (secondary N) is 1. The maximum Gasteiger partial charge on any atom is 0.230 e. The minimum atomic E-state index is 0.0754. The summed E-state index contributed by atoms with van der Waals surface area (Å²) in [6.45, 7) is 4.75. The molecule has 0 fully saturated rings. The Morgan fingerprint density at radius 3 is 2.86 bits per heavy atom. The van der Waals surface area contributed by atoms with Crippen LogP contribution in [0.1, 0.15) is 26.7 Å². The first-order chi connectivity index (χ1) is 6.70. The zero-order chi connectivity index (χ0) is 10.8. The highest BCUT2D eigenvalue weighted by Gasteiger charge is 2.03. The van der Waals surface area contributed by atoms with E-state index in [0.717, 1.165) is 5.75 Å². The van der Waals surface area contributed by atoms with E-state index in [1.165, 1.54) is 12.8 Å². The van der Waals surface area contributed by atoms with E-state index in [1.807, 2.05) is 6.92 Å². The first-order valence-corrected chi connectivity index (χ1v) is 6.31. The Bertz CT molecular complexity index is 153. The highest BCUT2D eigenvalue weighted by atomic mass is 32.2. The molecule has 1 amide bonds. The summed E-state index contributed by atoms with van der Waals surface area (Å²) in [6, 6.07) is 0. The highest BCUT2D eigenvalue weighted by molar-refractivity contribution is 7.99. The summed E-state index contributed by atoms with van der Waals surface area (Å²) in [6.07, 6.45) is 2.35. The Morgan fingerprint density at radius 2 is 2.29 bits per heavy atom. The smallest absolute Gasteiger partial charge is 0.230 e. The van der Waals surface area contributed by atoms with Crippen LogP contribution in [0, 0.1) is 5.92 Å². The highest BCUT2D eigenvalue weighted by Crippen LogP contribution is 2.03. The Morgan fingerprint density at radius 1 is 1.57 bits per heavy atom. The van der Waals surface area contributed by atoms with Crippen molar-refractivity contribution in [3.63, 3.8) is 0 Å². The average Bonchev–Trinajstić information content (AvgIpc) is 2.21. The van der Waals surface area contributed by atoms with Gasteiger partial charge in [0.1, 0.15) is 0 Å². The van der Waals surface area contributed by atoms with Crippen LogP contribution in [0.15, 0.2) is 0 Å². The number of hydrogen-bond donors (Lipinski definition) is 2. The molecule has 0 rings (SSSR count). The van der Waals surface area contributed by atoms with Gasteiger partial charge in [-0.05, 0) is 18.1 Å². The van der Waals surface area contributed by atoms with Crippen molar-refractivity contribution in [1.82, 2.24) is 5.32 Å². The van der Waals surface area contributed by atoms with Crippen LogP contribution in [0.4, 0.5) is 0 Å². The predicted molar refractivity (Wildman–Crippen MR) is 61.5 cm³/mol. The fourth-order valence-electron chi connectivity index (χ4n) is 0.815. The minimum absolute atomic E-state index is 0.0754. The number of amides is 1. The molecular formula is C10H21NO2S. The van der Waals surface area contributed by atoms with Crippen molar-refractivity contribution in [1.29, 1.82) is 0 Å². The van der Waals surface area contributed by atoms with Crippen LogP contribution in [0.2, 0.25) is 0 Å². The normalized spacial score (nSPS) is 12.5. The molecule has 2 N–H and O–H groups in total. The zero-order valence-corrected chi connectivity index (χ0v) is 9.90. The molecule has 0 spiro atoms. The SMILES string of the molecule is CCCCSCC(=O)NCC(C)CO. The van der Waals surface area contributed by atoms with E-state index in [9.17, 15) is 4.79 Å². The third kappa shape index (κ3) is 8.38. The van der Waals surface area contributed by atoms with Gasteiger partial charge in [0, 0.05) is 13.2 Å². The molecule has 0 aromatic heterocycles. The monoisotopic (exact) mass is 219 g/mol. The molecule has 3 nitrogen and oxygen atoms in total. The Hall–Kier alpha value is -0.220. The summed E-state index contributed by atoms with van der Waals surface area (Å²) in [5, 5.41) is 11.5. The molecule has 14 heavy (non-hydrogen) atoms. The van der Waals surface area contributed by atoms with E-state index >= 15 is 0 Å². The van der Waals surface area contributed by atoms with Gasteiger partial charge >= 0.3 is 0 Å². The van der Waals surface area contributed by atoms with Crippen LogP contribution in [0.5, 0.6) is 0 Å². The quantitative estimate of drug-likeness (QED) is 0.604. The third-order valence-electron chi connectivity index (χ3n) is 1.83. The lowest BCUT2D eigenvalue weighted by Crippen LogP contribution is -2.30. The number of thioether (sulfide) groups is 1. The van der Waals surface area contributed by atoms with Gasteiger partial charge in [-0.2, -0.15) is 11.8 Å². The van der Waals surface area contributed by atoms with Gasteiger partial charge in [0.15, 0.2) is 0 Å². The van der Waals surface area contributed by atoms with Crippen LogP contribution in [-0.2, 0) is 4.79 Å². The maximum absolute atomic E-state index is 11.2. The van der Waals surface area contributed by atoms with Crippen molar-refractivity contribution in [2.24, 2.45) is 5.92 Å². The number of aliphatic hydroxyl groups excluding tert-OH is 1. The maximum atomic E-state index is 11.2. The van der Waals surface area contributed by atoms with E-state index in [4.69, 9.17) is 5.11 Å². The average molecular weight is 219 g/mol. The fraction of sp³-hybridized carbons (Fsp3) is 0.900. The van der Waals surface area contributed by atoms with E-state index < -0.39 is 0 Å². The first kappa shape index (κ1) is 13.8. The summed E-state index contributed by atoms with van der Waals surface area (Å²) < 4.78 is 0. The molecule has 0 radical (unpaired) electrons. The van der Waals surface area contributed by atoms with Gasteiger partial charge in [-0.25, -0.2) is 0 Å². The lowest BCUT2D eigenvalue weighted by molar-refractivity contribution is -0.118. The molecule has 0 aromatic rings. The minimum Gasteiger partial charge on any atom is -0.396 e. The molecule has 0 saturated heterocycles. The van der Waals surface area contributed by atoms with E-state index in [1.54, 1.807) is 11.8 Å². The van der Waals surface area contributed by atoms with Crippen molar-refractivity contribution in [2.75, 3.05) is 24.7 Å². The Kier molecular flexibility index (Phi) is 9.19. The van der Waals surface area contributed by atoms with Crippen LogP contribution < -0.4 is 5.32 Å². The van der Waals surface area contributed by atoms with Crippen LogP contribution in [-0.4, -0.2) is 35.7 Å². The van der Waals surface area contributed by atoms with Crippen molar-refractivity contribution in [2.45, 2.75) is 26.7 Å². The summed E-state index contributed by atoms with van der Waals surface area (Å²) in [4.78, 5) is 11.2. The molecule has 4 heteroatoms. The molecule has 1 unspecified atom stereocenters. The van der Waals surface area contributed by atoms with Crippen LogP contribution >= 0.6 is 11.8 Å². The van der Waals surface area contributed by atoms with Crippen LogP contribution in [0.25, 0.3) is 0 Å². The molecule has 84 valence electrons. The van der Waals surface area contributed by atoms with E-state index in [0.29, 0.717) is 12.3 Å². The van der Waals surface area contributed by atoms with Crippen molar-refractivity contribution < 1.29 is 9.90 Å². The van der Waals surface area contributed by atoms with Gasteiger partial charge in [0.25, 0.3) is 0 Å². The molecule has 1 atom stereocenters. The lowest BCUT2D eigenvalue weighted by Gasteiger charge is -2.09. The number of carbonyl (C=O) groups excluding carboxylic acids is 1. The van der Waals surface area contributed by atoms with E-state index in [-0.39, 0.29) is 18.4 Å². The number of carbonyl (C=O) groups is 1. The van der Waals surface area contributed by atoms with E-state index in [2.05, 4.69) is 12.2 Å². The third-order valence-corrected chi connectivity index (χ3v) is 2.88. The number of unbranched alkanes of at least 4 members (excludes halogenated alkanes) is 1. The fourth-order valence-corrected chi connectivity index (χ4v) is 1.74. The first-order valence-electron chi connectivity index (χ1n) is 5.16. The predicted octanol–water partition coefficient (Wildman–Crippen LogP) is 1.26. The molecule has 0 aliphatic rings. The Balaban J connectivity index is 3.28. The number of rotatable bonds is 8. The summed E-state index contributed by atoms with van der Waals surface area (Å²) in [5.74, 6) is 1.82. The molecule has 0 aliphatic carbocycles. The van der Waals surface area contributed by atoms with Gasteiger partial charge in [0.2, 0.25) is 5.91 Å². The molecule has 0 aliphatic heterocycles. The van der Waals surface area contributed by atoms with Gasteiger partial charge < -0.3 is 10.4 Å². The van der Waals surface area contributed by atoms with Gasteiger partial charge in [-0.15, -0.1) is 0 Å². The van der Waals surface area contributed by atoms with Gasteiger partial charge in [0.05, 0.1) is 5.75 Å². The molecular weight excluding hydrogens is 198 g/mol. The second kappa shape index (κ2) is 9.34. The number of hydrogen-bond acceptors (Lipinski definition) is 3. The summed E-state index contributed by atoms with van der Waals surface area (Å²) in [5.41, 5.74) is 0. The van der Waals surface area contributed by atoms with Crippen molar-refractivity contribution in [3.05, 3.63) is 0 Å². The van der Waals surface area contributed by atoms with Gasteiger partial charge in [-0.3, -0.25) is 4.79 Å². The molecule has 0 saturated carbocycles. The zero-order valence-electron chi connectivity index (χ0n) is 9.08. The van der Waals surface area contributed by atoms with Crippen molar-refractivity contribution >= 4 is 17.7 Å². The standard InChI is InChI=1S/C10H21NO2S/c1-3-4-5-14-8-10(13)11-6-9(2)7-12/h9,12H,3-8H2,1-2H3,(H,11,13). The molecule has 0 aromatic carbocycles. The summed E-state index contributed by atoms with van der Waals surface area (Å²) in [7, 11) is 0. The van der Waals surface area contributed by atoms with Gasteiger partial charge in [-0.1, -0.05) is 20.3 Å².